The van der Waals surface area contributed by atoms with E-state index in [0.29, 0.717) is 10.2 Å². The van der Waals surface area contributed by atoms with E-state index in [1.165, 1.54) is 0 Å². The van der Waals surface area contributed by atoms with Crippen LogP contribution in [0.2, 0.25) is 0 Å². The molecule has 0 spiro atoms. The second-order valence-electron chi connectivity index (χ2n) is 3.85. The summed E-state index contributed by atoms with van der Waals surface area (Å²) in [5.74, 6) is -1.76. The molecule has 0 heterocycles. The molecule has 2 amide bonds. The molecule has 1 aromatic carbocycles. The van der Waals surface area contributed by atoms with Gasteiger partial charge in [0.15, 0.2) is 6.61 Å². The largest absolute Gasteiger partial charge is 0.483 e. The zero-order valence-electron chi connectivity index (χ0n) is 10.7. The van der Waals surface area contributed by atoms with Gasteiger partial charge in [0.05, 0.1) is 10.9 Å². The van der Waals surface area contributed by atoms with E-state index in [4.69, 9.17) is 9.84 Å². The summed E-state index contributed by atoms with van der Waals surface area (Å²) in [7, 11) is 0. The van der Waals surface area contributed by atoms with Gasteiger partial charge < -0.3 is 9.84 Å². The Morgan fingerprint density at radius 2 is 1.76 bits per heavy atom. The lowest BCUT2D eigenvalue weighted by Crippen LogP contribution is -2.43. The molecule has 0 atom stereocenters. The van der Waals surface area contributed by atoms with Gasteiger partial charge in [0.1, 0.15) is 5.75 Å². The van der Waals surface area contributed by atoms with Crippen LogP contribution in [0, 0.1) is 0 Å². The highest BCUT2D eigenvalue weighted by atomic mass is 79.9. The van der Waals surface area contributed by atoms with Crippen molar-refractivity contribution in [2.75, 3.05) is 6.61 Å². The van der Waals surface area contributed by atoms with Crippen molar-refractivity contribution in [3.8, 4) is 5.75 Å². The van der Waals surface area contributed by atoms with Crippen LogP contribution in [-0.4, -0.2) is 29.5 Å². The third-order valence-electron chi connectivity index (χ3n) is 2.16. The molecule has 0 aliphatic heterocycles. The van der Waals surface area contributed by atoms with E-state index in [-0.39, 0.29) is 19.4 Å². The molecule has 0 bridgehead atoms. The van der Waals surface area contributed by atoms with Crippen molar-refractivity contribution in [1.82, 2.24) is 10.9 Å². The molecule has 0 saturated heterocycles. The zero-order chi connectivity index (χ0) is 15.8. The van der Waals surface area contributed by atoms with E-state index in [0.717, 1.165) is 4.47 Å². The molecule has 114 valence electrons. The topological polar surface area (TPSA) is 105 Å². The van der Waals surface area contributed by atoms with Crippen LogP contribution in [0.1, 0.15) is 12.8 Å². The van der Waals surface area contributed by atoms with Crippen molar-refractivity contribution in [2.24, 2.45) is 0 Å². The first kappa shape index (κ1) is 17.4. The molecule has 0 unspecified atom stereocenters. The Morgan fingerprint density at radius 3 is 2.38 bits per heavy atom. The number of ether oxygens (including phenoxy) is 1. The highest BCUT2D eigenvalue weighted by Crippen LogP contribution is 2.27. The summed E-state index contributed by atoms with van der Waals surface area (Å²) in [6.07, 6.45) is -0.515. The number of benzene rings is 1. The minimum absolute atomic E-state index is 0.214. The molecule has 9 heteroatoms. The van der Waals surface area contributed by atoms with Crippen LogP contribution in [0.4, 0.5) is 0 Å². The van der Waals surface area contributed by atoms with Crippen molar-refractivity contribution in [2.45, 2.75) is 12.8 Å². The predicted octanol–water partition coefficient (Wildman–Crippen LogP) is 1.60. The fraction of sp³-hybridized carbons (Fsp3) is 0.250. The summed E-state index contributed by atoms with van der Waals surface area (Å²) in [5, 5.41) is 8.40. The fourth-order valence-electron chi connectivity index (χ4n) is 1.19. The standard InChI is InChI=1S/C12H12Br2N2O5/c13-7-1-2-9(8(14)5-7)21-6-11(18)16-15-10(17)3-4-12(19)20/h1-2,5H,3-4,6H2,(H,15,17)(H,16,18)(H,19,20). The van der Waals surface area contributed by atoms with Crippen LogP contribution in [0.5, 0.6) is 5.75 Å². The first-order valence-corrected chi connectivity index (χ1v) is 7.34. The molecular weight excluding hydrogens is 412 g/mol. The molecule has 1 rings (SSSR count). The van der Waals surface area contributed by atoms with Gasteiger partial charge in [0.25, 0.3) is 5.91 Å². The molecule has 21 heavy (non-hydrogen) atoms. The SMILES string of the molecule is O=C(O)CCC(=O)NNC(=O)COc1ccc(Br)cc1Br. The first-order chi connectivity index (χ1) is 9.88. The number of aliphatic carboxylic acids is 1. The van der Waals surface area contributed by atoms with Gasteiger partial charge in [-0.1, -0.05) is 15.9 Å². The molecule has 0 fully saturated rings. The van der Waals surface area contributed by atoms with Crippen LogP contribution in [-0.2, 0) is 14.4 Å². The Kier molecular flexibility index (Phi) is 7.17. The molecule has 0 aromatic heterocycles. The van der Waals surface area contributed by atoms with E-state index in [1.54, 1.807) is 18.2 Å². The zero-order valence-corrected chi connectivity index (χ0v) is 13.9. The maximum atomic E-state index is 11.4. The molecule has 1 aromatic rings. The summed E-state index contributed by atoms with van der Waals surface area (Å²) >= 11 is 6.57. The van der Waals surface area contributed by atoms with Crippen molar-refractivity contribution < 1.29 is 24.2 Å². The lowest BCUT2D eigenvalue weighted by Gasteiger charge is -2.09. The lowest BCUT2D eigenvalue weighted by molar-refractivity contribution is -0.139. The maximum absolute atomic E-state index is 11.4. The van der Waals surface area contributed by atoms with Crippen molar-refractivity contribution in [3.05, 3.63) is 27.1 Å². The third-order valence-corrected chi connectivity index (χ3v) is 3.27. The number of hydrogen-bond donors (Lipinski definition) is 3. The number of hydrogen-bond acceptors (Lipinski definition) is 4. The minimum Gasteiger partial charge on any atom is -0.483 e. The molecule has 0 saturated carbocycles. The summed E-state index contributed by atoms with van der Waals surface area (Å²) in [6.45, 7) is -0.292. The molecule has 0 radical (unpaired) electrons. The number of carbonyl (C=O) groups is 3. The summed E-state index contributed by atoms with van der Waals surface area (Å²) in [6, 6.07) is 5.19. The van der Waals surface area contributed by atoms with Gasteiger partial charge in [0, 0.05) is 10.9 Å². The van der Waals surface area contributed by atoms with E-state index in [2.05, 4.69) is 42.7 Å². The van der Waals surface area contributed by atoms with Gasteiger partial charge in [-0.15, -0.1) is 0 Å². The highest BCUT2D eigenvalue weighted by Gasteiger charge is 2.08. The molecule has 0 aliphatic rings. The van der Waals surface area contributed by atoms with E-state index < -0.39 is 17.8 Å². The molecular formula is C12H12Br2N2O5. The number of carboxylic acids is 1. The number of halogens is 2. The van der Waals surface area contributed by atoms with Gasteiger partial charge in [0.2, 0.25) is 5.91 Å². The summed E-state index contributed by atoms with van der Waals surface area (Å²) in [4.78, 5) is 32.9. The van der Waals surface area contributed by atoms with Gasteiger partial charge in [-0.2, -0.15) is 0 Å². The van der Waals surface area contributed by atoms with Crippen molar-refractivity contribution in [3.63, 3.8) is 0 Å². The van der Waals surface area contributed by atoms with E-state index in [9.17, 15) is 14.4 Å². The average molecular weight is 424 g/mol. The Labute approximate surface area is 137 Å². The number of nitrogens with one attached hydrogen (secondary N) is 2. The van der Waals surface area contributed by atoms with Gasteiger partial charge in [-0.25, -0.2) is 0 Å². The normalized spacial score (nSPS) is 9.81. The number of amides is 2. The highest BCUT2D eigenvalue weighted by molar-refractivity contribution is 9.11. The number of hydrazine groups is 1. The molecule has 7 nitrogen and oxygen atoms in total. The predicted molar refractivity (Wildman–Crippen MR) is 80.5 cm³/mol. The number of carboxylic acid groups (broad SMARTS) is 1. The van der Waals surface area contributed by atoms with Gasteiger partial charge in [-0.3, -0.25) is 25.2 Å². The van der Waals surface area contributed by atoms with Gasteiger partial charge >= 0.3 is 5.97 Å². The van der Waals surface area contributed by atoms with Crippen molar-refractivity contribution >= 4 is 49.6 Å². The van der Waals surface area contributed by atoms with Crippen LogP contribution in [0.15, 0.2) is 27.1 Å². The average Bonchev–Trinajstić information content (AvgIpc) is 2.41. The lowest BCUT2D eigenvalue weighted by atomic mass is 10.3. The van der Waals surface area contributed by atoms with E-state index >= 15 is 0 Å². The van der Waals surface area contributed by atoms with Crippen LogP contribution in [0.25, 0.3) is 0 Å². The van der Waals surface area contributed by atoms with Crippen LogP contribution < -0.4 is 15.6 Å². The Hall–Kier alpha value is -1.61. The second-order valence-corrected chi connectivity index (χ2v) is 5.62. The van der Waals surface area contributed by atoms with Gasteiger partial charge in [-0.05, 0) is 34.1 Å². The number of carbonyl (C=O) groups excluding carboxylic acids is 2. The Balaban J connectivity index is 2.31. The smallest absolute Gasteiger partial charge is 0.303 e. The quantitative estimate of drug-likeness (QED) is 0.603. The Bertz CT molecular complexity index is 550. The summed E-state index contributed by atoms with van der Waals surface area (Å²) in [5.41, 5.74) is 4.22. The fourth-order valence-corrected chi connectivity index (χ4v) is 2.36. The monoisotopic (exact) mass is 422 g/mol. The van der Waals surface area contributed by atoms with Crippen molar-refractivity contribution in [1.29, 1.82) is 0 Å². The van der Waals surface area contributed by atoms with Crippen LogP contribution in [0.3, 0.4) is 0 Å². The molecule has 0 aliphatic carbocycles. The van der Waals surface area contributed by atoms with E-state index in [1.807, 2.05) is 0 Å². The first-order valence-electron chi connectivity index (χ1n) is 5.76. The van der Waals surface area contributed by atoms with Crippen LogP contribution >= 0.6 is 31.9 Å². The maximum Gasteiger partial charge on any atom is 0.303 e. The Morgan fingerprint density at radius 1 is 1.10 bits per heavy atom. The second kappa shape index (κ2) is 8.63. The molecule has 3 N–H and O–H groups in total. The third kappa shape index (κ3) is 7.09. The summed E-state index contributed by atoms with van der Waals surface area (Å²) < 4.78 is 6.79. The minimum atomic E-state index is -1.08. The number of rotatable bonds is 6.